The lowest BCUT2D eigenvalue weighted by Crippen LogP contribution is -2.51. The molecule has 1 fully saturated rings. The van der Waals surface area contributed by atoms with Crippen LogP contribution in [-0.2, 0) is 11.2 Å². The SMILES string of the molecule is O=C(CCc1ccc(Cl)c(Cl)c1)N1CCCCC1C(F)(F)F. The minimum absolute atomic E-state index is 0.0119. The third kappa shape index (κ3) is 4.29. The molecule has 0 bridgehead atoms. The van der Waals surface area contributed by atoms with Gasteiger partial charge in [-0.3, -0.25) is 4.79 Å². The van der Waals surface area contributed by atoms with E-state index >= 15 is 0 Å². The molecule has 2 nitrogen and oxygen atoms in total. The number of hydrogen-bond acceptors (Lipinski definition) is 1. The number of nitrogens with zero attached hydrogens (tertiary/aromatic N) is 1. The van der Waals surface area contributed by atoms with Crippen LogP contribution in [0, 0.1) is 0 Å². The first-order valence-electron chi connectivity index (χ1n) is 7.09. The summed E-state index contributed by atoms with van der Waals surface area (Å²) in [4.78, 5) is 13.1. The van der Waals surface area contributed by atoms with Crippen LogP contribution in [0.5, 0.6) is 0 Å². The molecule has 0 aromatic heterocycles. The molecule has 7 heteroatoms. The highest BCUT2D eigenvalue weighted by Crippen LogP contribution is 2.32. The van der Waals surface area contributed by atoms with Gasteiger partial charge < -0.3 is 4.90 Å². The fourth-order valence-corrected chi connectivity index (χ4v) is 2.98. The zero-order valence-electron chi connectivity index (χ0n) is 11.8. The fourth-order valence-electron chi connectivity index (χ4n) is 2.66. The van der Waals surface area contributed by atoms with E-state index in [1.165, 1.54) is 0 Å². The normalized spacial score (nSPS) is 19.3. The lowest BCUT2D eigenvalue weighted by Gasteiger charge is -2.36. The summed E-state index contributed by atoms with van der Waals surface area (Å²) in [6.45, 7) is 0.171. The molecule has 1 aliphatic heterocycles. The van der Waals surface area contributed by atoms with E-state index in [-0.39, 0.29) is 19.4 Å². The molecule has 0 aliphatic carbocycles. The molecule has 1 saturated heterocycles. The van der Waals surface area contributed by atoms with Crippen molar-refractivity contribution < 1.29 is 18.0 Å². The molecule has 2 rings (SSSR count). The van der Waals surface area contributed by atoms with Gasteiger partial charge in [0.2, 0.25) is 5.91 Å². The van der Waals surface area contributed by atoms with Crippen molar-refractivity contribution in [3.8, 4) is 0 Å². The highest BCUT2D eigenvalue weighted by molar-refractivity contribution is 6.42. The Morgan fingerprint density at radius 1 is 1.23 bits per heavy atom. The summed E-state index contributed by atoms with van der Waals surface area (Å²) in [7, 11) is 0. The standard InChI is InChI=1S/C15H16Cl2F3NO/c16-11-6-4-10(9-12(11)17)5-7-14(22)21-8-2-1-3-13(21)15(18,19)20/h4,6,9,13H,1-3,5,7-8H2. The number of alkyl halides is 3. The lowest BCUT2D eigenvalue weighted by atomic mass is 10.0. The molecule has 1 heterocycles. The van der Waals surface area contributed by atoms with Gasteiger partial charge in [-0.05, 0) is 43.4 Å². The number of carbonyl (C=O) groups excluding carboxylic acids is 1. The molecule has 1 aliphatic rings. The first-order chi connectivity index (χ1) is 10.3. The number of hydrogen-bond donors (Lipinski definition) is 0. The smallest absolute Gasteiger partial charge is 0.331 e. The van der Waals surface area contributed by atoms with E-state index in [2.05, 4.69) is 0 Å². The van der Waals surface area contributed by atoms with Crippen LogP contribution in [0.25, 0.3) is 0 Å². The molecule has 1 aromatic carbocycles. The van der Waals surface area contributed by atoms with Crippen molar-refractivity contribution in [1.29, 1.82) is 0 Å². The summed E-state index contributed by atoms with van der Waals surface area (Å²) >= 11 is 11.7. The second kappa shape index (κ2) is 7.09. The maximum Gasteiger partial charge on any atom is 0.408 e. The summed E-state index contributed by atoms with van der Waals surface area (Å²) in [6.07, 6.45) is -2.88. The van der Waals surface area contributed by atoms with Gasteiger partial charge >= 0.3 is 6.18 Å². The summed E-state index contributed by atoms with van der Waals surface area (Å²) in [5.74, 6) is -0.465. The van der Waals surface area contributed by atoms with E-state index in [9.17, 15) is 18.0 Å². The van der Waals surface area contributed by atoms with Gasteiger partial charge in [-0.1, -0.05) is 29.3 Å². The van der Waals surface area contributed by atoms with Gasteiger partial charge in [0, 0.05) is 13.0 Å². The quantitative estimate of drug-likeness (QED) is 0.758. The Morgan fingerprint density at radius 2 is 1.95 bits per heavy atom. The fraction of sp³-hybridized carbons (Fsp3) is 0.533. The van der Waals surface area contributed by atoms with Crippen LogP contribution in [0.3, 0.4) is 0 Å². The molecule has 0 radical (unpaired) electrons. The first kappa shape index (κ1) is 17.4. The predicted molar refractivity (Wildman–Crippen MR) is 80.2 cm³/mol. The van der Waals surface area contributed by atoms with Gasteiger partial charge in [0.15, 0.2) is 0 Å². The molecule has 1 unspecified atom stereocenters. The third-order valence-corrected chi connectivity index (χ3v) is 4.55. The summed E-state index contributed by atoms with van der Waals surface area (Å²) in [6, 6.07) is 3.32. The zero-order valence-corrected chi connectivity index (χ0v) is 13.3. The van der Waals surface area contributed by atoms with Gasteiger partial charge in [-0.2, -0.15) is 13.2 Å². The highest BCUT2D eigenvalue weighted by Gasteiger charge is 2.45. The lowest BCUT2D eigenvalue weighted by molar-refractivity contribution is -0.195. The summed E-state index contributed by atoms with van der Waals surface area (Å²) in [5.41, 5.74) is 0.781. The number of halogens is 5. The highest BCUT2D eigenvalue weighted by atomic mass is 35.5. The number of carbonyl (C=O) groups is 1. The van der Waals surface area contributed by atoms with Gasteiger partial charge in [0.05, 0.1) is 10.0 Å². The topological polar surface area (TPSA) is 20.3 Å². The second-order valence-corrected chi connectivity index (χ2v) is 6.20. The first-order valence-corrected chi connectivity index (χ1v) is 7.85. The van der Waals surface area contributed by atoms with E-state index in [0.29, 0.717) is 29.3 Å². The molecule has 122 valence electrons. The Morgan fingerprint density at radius 3 is 2.59 bits per heavy atom. The van der Waals surface area contributed by atoms with Crippen LogP contribution in [0.15, 0.2) is 18.2 Å². The Balaban J connectivity index is 1.99. The van der Waals surface area contributed by atoms with Crippen molar-refractivity contribution in [2.75, 3.05) is 6.54 Å². The van der Waals surface area contributed by atoms with E-state index in [1.807, 2.05) is 0 Å². The van der Waals surface area contributed by atoms with Crippen LogP contribution < -0.4 is 0 Å². The van der Waals surface area contributed by atoms with E-state index in [4.69, 9.17) is 23.2 Å². The average Bonchev–Trinajstić information content (AvgIpc) is 2.47. The number of aryl methyl sites for hydroxylation is 1. The average molecular weight is 354 g/mol. The minimum atomic E-state index is -4.36. The van der Waals surface area contributed by atoms with Crippen molar-refractivity contribution in [3.63, 3.8) is 0 Å². The maximum atomic E-state index is 13.0. The van der Waals surface area contributed by atoms with Crippen molar-refractivity contribution in [1.82, 2.24) is 4.90 Å². The summed E-state index contributed by atoms with van der Waals surface area (Å²) < 4.78 is 39.0. The molecule has 0 N–H and O–H groups in total. The van der Waals surface area contributed by atoms with Crippen LogP contribution >= 0.6 is 23.2 Å². The van der Waals surface area contributed by atoms with E-state index in [1.54, 1.807) is 18.2 Å². The van der Waals surface area contributed by atoms with Crippen LogP contribution in [0.1, 0.15) is 31.2 Å². The number of amides is 1. The molecule has 1 atom stereocenters. The Bertz CT molecular complexity index is 548. The number of piperidine rings is 1. The van der Waals surface area contributed by atoms with Gasteiger partial charge in [-0.15, -0.1) is 0 Å². The van der Waals surface area contributed by atoms with Crippen molar-refractivity contribution >= 4 is 29.1 Å². The largest absolute Gasteiger partial charge is 0.408 e. The van der Waals surface area contributed by atoms with Crippen molar-refractivity contribution in [2.24, 2.45) is 0 Å². The van der Waals surface area contributed by atoms with Crippen LogP contribution in [-0.4, -0.2) is 29.6 Å². The second-order valence-electron chi connectivity index (χ2n) is 5.39. The number of benzene rings is 1. The Labute approximate surface area is 137 Å². The van der Waals surface area contributed by atoms with E-state index in [0.717, 1.165) is 10.5 Å². The van der Waals surface area contributed by atoms with Crippen LogP contribution in [0.4, 0.5) is 13.2 Å². The number of rotatable bonds is 3. The molecule has 22 heavy (non-hydrogen) atoms. The minimum Gasteiger partial charge on any atom is -0.331 e. The Hall–Kier alpha value is -0.940. The molecule has 0 spiro atoms. The monoisotopic (exact) mass is 353 g/mol. The van der Waals surface area contributed by atoms with Gasteiger partial charge in [0.1, 0.15) is 6.04 Å². The Kier molecular flexibility index (Phi) is 5.61. The molecular weight excluding hydrogens is 338 g/mol. The number of likely N-dealkylation sites (tertiary alicyclic amines) is 1. The van der Waals surface area contributed by atoms with Crippen LogP contribution in [0.2, 0.25) is 10.0 Å². The maximum absolute atomic E-state index is 13.0. The van der Waals surface area contributed by atoms with Crippen molar-refractivity contribution in [2.45, 2.75) is 44.3 Å². The van der Waals surface area contributed by atoms with Gasteiger partial charge in [0.25, 0.3) is 0 Å². The predicted octanol–water partition coefficient (Wildman–Crippen LogP) is 4.87. The van der Waals surface area contributed by atoms with Gasteiger partial charge in [-0.25, -0.2) is 0 Å². The zero-order chi connectivity index (χ0) is 16.3. The summed E-state index contributed by atoms with van der Waals surface area (Å²) in [5, 5.41) is 0.780. The van der Waals surface area contributed by atoms with E-state index < -0.39 is 18.1 Å². The third-order valence-electron chi connectivity index (χ3n) is 3.81. The molecule has 1 aromatic rings. The molecule has 0 saturated carbocycles. The molecule has 1 amide bonds. The van der Waals surface area contributed by atoms with Crippen molar-refractivity contribution in [3.05, 3.63) is 33.8 Å². The molecular formula is C15H16Cl2F3NO.